The van der Waals surface area contributed by atoms with Crippen LogP contribution in [0.2, 0.25) is 0 Å². The van der Waals surface area contributed by atoms with Crippen molar-refractivity contribution in [3.8, 4) is 17.6 Å². The van der Waals surface area contributed by atoms with Crippen molar-refractivity contribution in [3.05, 3.63) is 107 Å². The van der Waals surface area contributed by atoms with E-state index < -0.39 is 28.5 Å². The highest BCUT2D eigenvalue weighted by atomic mass is 32.2. The van der Waals surface area contributed by atoms with Gasteiger partial charge in [-0.05, 0) is 68.4 Å². The first-order valence-electron chi connectivity index (χ1n) is 11.6. The van der Waals surface area contributed by atoms with Gasteiger partial charge in [0, 0.05) is 6.07 Å². The summed E-state index contributed by atoms with van der Waals surface area (Å²) in [6.07, 6.45) is 0. The molecule has 10 nitrogen and oxygen atoms in total. The first-order valence-corrected chi connectivity index (χ1v) is 13.7. The number of carboxylic acids is 1. The molecule has 4 aromatic carbocycles. The van der Waals surface area contributed by atoms with Crippen LogP contribution in [0.1, 0.15) is 27.0 Å². The van der Waals surface area contributed by atoms with Crippen molar-refractivity contribution in [2.75, 3.05) is 8.61 Å². The minimum Gasteiger partial charge on any atom is -0.755 e. The van der Waals surface area contributed by atoms with Crippen LogP contribution in [0.4, 0.5) is 22.7 Å². The molecule has 0 aliphatic rings. The Morgan fingerprint density at radius 3 is 1.68 bits per heavy atom. The zero-order valence-electron chi connectivity index (χ0n) is 21.1. The standard InChI is InChI=1S/C28H23N3O7S2/c1-18-3-7-21(8-4-18)30(39(34)35)26-13-11-23(15-20(26)17-29)38-24-12-14-27(25(16-24)28(32)33)31(40(36)37)22-9-5-19(2)6-10-22/h3-16H,1-2H3,(H,32,33)(H,34,35)(H,36,37)/p-2. The number of rotatable bonds is 9. The minimum atomic E-state index is -2.83. The lowest BCUT2D eigenvalue weighted by Crippen LogP contribution is -2.22. The molecule has 1 N–H and O–H groups in total. The first-order chi connectivity index (χ1) is 19.1. The van der Waals surface area contributed by atoms with Crippen molar-refractivity contribution in [3.63, 3.8) is 0 Å². The molecule has 0 aliphatic heterocycles. The smallest absolute Gasteiger partial charge is 0.337 e. The van der Waals surface area contributed by atoms with E-state index in [1.807, 2.05) is 19.9 Å². The van der Waals surface area contributed by atoms with Gasteiger partial charge in [0.05, 0.1) is 56.4 Å². The largest absolute Gasteiger partial charge is 0.755 e. The van der Waals surface area contributed by atoms with Gasteiger partial charge < -0.3 is 18.9 Å². The Kier molecular flexibility index (Phi) is 8.61. The van der Waals surface area contributed by atoms with Crippen LogP contribution in [0.15, 0.2) is 84.9 Å². The number of benzene rings is 4. The Bertz CT molecular complexity index is 1650. The molecule has 0 amide bonds. The van der Waals surface area contributed by atoms with Crippen molar-refractivity contribution in [2.24, 2.45) is 0 Å². The van der Waals surface area contributed by atoms with Crippen LogP contribution in [-0.4, -0.2) is 28.6 Å². The van der Waals surface area contributed by atoms with Crippen LogP contribution in [0.5, 0.6) is 11.5 Å². The van der Waals surface area contributed by atoms with Gasteiger partial charge in [0.1, 0.15) is 17.6 Å². The number of carboxylic acid groups (broad SMARTS) is 1. The molecule has 0 heterocycles. The maximum Gasteiger partial charge on any atom is 0.337 e. The Morgan fingerprint density at radius 1 is 0.775 bits per heavy atom. The van der Waals surface area contributed by atoms with Crippen molar-refractivity contribution in [1.82, 2.24) is 0 Å². The van der Waals surface area contributed by atoms with Crippen molar-refractivity contribution in [2.45, 2.75) is 13.8 Å². The third-order valence-corrected chi connectivity index (χ3v) is 7.21. The molecule has 4 aromatic rings. The Morgan fingerprint density at radius 2 is 1.23 bits per heavy atom. The van der Waals surface area contributed by atoms with Gasteiger partial charge in [-0.3, -0.25) is 17.0 Å². The molecule has 0 aliphatic carbocycles. The van der Waals surface area contributed by atoms with E-state index in [0.717, 1.165) is 25.8 Å². The summed E-state index contributed by atoms with van der Waals surface area (Å²) in [5.74, 6) is -1.20. The monoisotopic (exact) mass is 575 g/mol. The van der Waals surface area contributed by atoms with Gasteiger partial charge in [0.25, 0.3) is 0 Å². The second-order valence-corrected chi connectivity index (χ2v) is 10.2. The molecule has 2 unspecified atom stereocenters. The second kappa shape index (κ2) is 12.1. The van der Waals surface area contributed by atoms with Crippen molar-refractivity contribution < 1.29 is 32.2 Å². The molecule has 12 heteroatoms. The second-order valence-electron chi connectivity index (χ2n) is 8.57. The average Bonchev–Trinajstić information content (AvgIpc) is 2.92. The summed E-state index contributed by atoms with van der Waals surface area (Å²) in [5.41, 5.74) is 2.06. The zero-order valence-corrected chi connectivity index (χ0v) is 22.8. The quantitative estimate of drug-likeness (QED) is 0.255. The number of hydrogen-bond donors (Lipinski definition) is 1. The number of hydrogen-bond acceptors (Lipinski definition) is 7. The van der Waals surface area contributed by atoms with Crippen LogP contribution in [0.3, 0.4) is 0 Å². The summed E-state index contributed by atoms with van der Waals surface area (Å²) in [6, 6.07) is 23.2. The lowest BCUT2D eigenvalue weighted by molar-refractivity contribution is 0.0697. The Labute approximate surface area is 235 Å². The SMILES string of the molecule is Cc1ccc(N(c2ccc(Oc3ccc(N(c4ccc(C)cc4)S(=O)[O-])c(C(=O)O)c3)cc2C#N)S(=O)[O-])cc1. The van der Waals surface area contributed by atoms with Crippen molar-refractivity contribution >= 4 is 51.3 Å². The van der Waals surface area contributed by atoms with Gasteiger partial charge >= 0.3 is 5.97 Å². The highest BCUT2D eigenvalue weighted by Crippen LogP contribution is 2.36. The number of anilines is 4. The summed E-state index contributed by atoms with van der Waals surface area (Å²) in [4.78, 5) is 12.1. The molecule has 204 valence electrons. The van der Waals surface area contributed by atoms with E-state index in [-0.39, 0.29) is 39.7 Å². The molecular weight excluding hydrogens is 554 g/mol. The average molecular weight is 576 g/mol. The minimum absolute atomic E-state index is 0.00958. The van der Waals surface area contributed by atoms with E-state index in [9.17, 15) is 32.7 Å². The van der Waals surface area contributed by atoms with Crippen LogP contribution in [-0.2, 0) is 22.5 Å². The highest BCUT2D eigenvalue weighted by Gasteiger charge is 2.21. The van der Waals surface area contributed by atoms with Crippen LogP contribution in [0.25, 0.3) is 0 Å². The maximum absolute atomic E-state index is 12.1. The summed E-state index contributed by atoms with van der Waals surface area (Å²) in [5, 5.41) is 19.6. The fourth-order valence-corrected chi connectivity index (χ4v) is 5.11. The van der Waals surface area contributed by atoms with Crippen LogP contribution >= 0.6 is 0 Å². The van der Waals surface area contributed by atoms with E-state index >= 15 is 0 Å². The maximum atomic E-state index is 12.1. The number of nitrogens with zero attached hydrogens (tertiary/aromatic N) is 3. The third-order valence-electron chi connectivity index (χ3n) is 5.80. The number of ether oxygens (including phenoxy) is 1. The highest BCUT2D eigenvalue weighted by molar-refractivity contribution is 7.81. The normalized spacial score (nSPS) is 12.2. The summed E-state index contributed by atoms with van der Waals surface area (Å²) in [6.45, 7) is 3.69. The molecule has 0 saturated heterocycles. The predicted octanol–water partition coefficient (Wildman–Crippen LogP) is 5.53. The van der Waals surface area contributed by atoms with E-state index in [1.54, 1.807) is 48.5 Å². The molecule has 2 atom stereocenters. The molecule has 0 spiro atoms. The van der Waals surface area contributed by atoms with Gasteiger partial charge in [-0.1, -0.05) is 35.4 Å². The van der Waals surface area contributed by atoms with E-state index in [4.69, 9.17) is 4.74 Å². The Balaban J connectivity index is 1.69. The topological polar surface area (TPSA) is 157 Å². The third kappa shape index (κ3) is 6.19. The molecule has 0 fully saturated rings. The van der Waals surface area contributed by atoms with Gasteiger partial charge in [0.2, 0.25) is 0 Å². The van der Waals surface area contributed by atoms with Crippen LogP contribution < -0.4 is 13.3 Å². The number of aryl methyl sites for hydroxylation is 2. The lowest BCUT2D eigenvalue weighted by atomic mass is 10.1. The number of aromatic carboxylic acids is 1. The van der Waals surface area contributed by atoms with Crippen molar-refractivity contribution in [1.29, 1.82) is 5.26 Å². The summed E-state index contributed by atoms with van der Waals surface area (Å²) < 4.78 is 55.9. The van der Waals surface area contributed by atoms with Gasteiger partial charge in [-0.25, -0.2) is 4.79 Å². The van der Waals surface area contributed by atoms with Crippen LogP contribution in [0, 0.1) is 25.2 Å². The van der Waals surface area contributed by atoms with Gasteiger partial charge in [-0.2, -0.15) is 5.26 Å². The lowest BCUT2D eigenvalue weighted by Gasteiger charge is -2.28. The molecule has 0 bridgehead atoms. The Hall–Kier alpha value is -4.54. The van der Waals surface area contributed by atoms with E-state index in [1.165, 1.54) is 30.3 Å². The fraction of sp³-hybridized carbons (Fsp3) is 0.0714. The molecule has 0 radical (unpaired) electrons. The molecular formula is C28H21N3O7S2-2. The molecule has 40 heavy (non-hydrogen) atoms. The van der Waals surface area contributed by atoms with E-state index in [2.05, 4.69) is 0 Å². The predicted molar refractivity (Wildman–Crippen MR) is 149 cm³/mol. The zero-order chi connectivity index (χ0) is 29.0. The molecule has 0 saturated carbocycles. The number of carbonyl (C=O) groups is 1. The van der Waals surface area contributed by atoms with Gasteiger partial charge in [-0.15, -0.1) is 0 Å². The van der Waals surface area contributed by atoms with E-state index in [0.29, 0.717) is 5.69 Å². The van der Waals surface area contributed by atoms with Gasteiger partial charge in [0.15, 0.2) is 0 Å². The fourth-order valence-electron chi connectivity index (χ4n) is 3.88. The first kappa shape index (κ1) is 28.5. The molecule has 4 rings (SSSR count). The number of nitriles is 1. The summed E-state index contributed by atoms with van der Waals surface area (Å²) in [7, 11) is 0. The molecule has 0 aromatic heterocycles. The summed E-state index contributed by atoms with van der Waals surface area (Å²) >= 11 is -5.56.